The molecule has 0 aliphatic heterocycles. The Balaban J connectivity index is 1.70. The van der Waals surface area contributed by atoms with Gasteiger partial charge in [0.15, 0.2) is 0 Å². The number of amides is 1. The molecule has 0 spiro atoms. The summed E-state index contributed by atoms with van der Waals surface area (Å²) in [4.78, 5) is 23.7. The summed E-state index contributed by atoms with van der Waals surface area (Å²) >= 11 is 0. The number of rotatable bonds is 6. The number of aromatic nitrogens is 2. The number of nitrogens with one attached hydrogen (secondary N) is 1. The van der Waals surface area contributed by atoms with Gasteiger partial charge in [0, 0.05) is 6.20 Å². The average Bonchev–Trinajstić information content (AvgIpc) is 3.12. The zero-order chi connectivity index (χ0) is 17.6. The minimum atomic E-state index is -0.952. The minimum absolute atomic E-state index is 0.160. The van der Waals surface area contributed by atoms with Crippen LogP contribution in [-0.4, -0.2) is 26.8 Å². The number of carboxylic acid groups (broad SMARTS) is 1. The van der Waals surface area contributed by atoms with Gasteiger partial charge in [-0.1, -0.05) is 49.6 Å². The Bertz CT molecular complexity index is 721. The predicted octanol–water partition coefficient (Wildman–Crippen LogP) is 3.33. The van der Waals surface area contributed by atoms with Crippen molar-refractivity contribution in [3.63, 3.8) is 0 Å². The van der Waals surface area contributed by atoms with Crippen LogP contribution in [0.2, 0.25) is 0 Å². The monoisotopic (exact) mass is 341 g/mol. The van der Waals surface area contributed by atoms with E-state index >= 15 is 0 Å². The normalized spacial score (nSPS) is 16.3. The largest absolute Gasteiger partial charge is 0.481 e. The van der Waals surface area contributed by atoms with Gasteiger partial charge in [-0.15, -0.1) is 0 Å². The summed E-state index contributed by atoms with van der Waals surface area (Å²) in [5, 5.41) is 16.3. The van der Waals surface area contributed by atoms with E-state index in [1.165, 1.54) is 19.3 Å². The van der Waals surface area contributed by atoms with Gasteiger partial charge in [-0.3, -0.25) is 14.3 Å². The lowest BCUT2D eigenvalue weighted by Gasteiger charge is -2.21. The molecule has 1 aromatic heterocycles. The highest BCUT2D eigenvalue weighted by atomic mass is 16.4. The van der Waals surface area contributed by atoms with Gasteiger partial charge in [0.25, 0.3) is 5.91 Å². The van der Waals surface area contributed by atoms with E-state index in [1.807, 2.05) is 35.0 Å². The van der Waals surface area contributed by atoms with Crippen LogP contribution in [0.1, 0.15) is 66.5 Å². The van der Waals surface area contributed by atoms with Gasteiger partial charge >= 0.3 is 5.97 Å². The fraction of sp³-hybridized carbons (Fsp3) is 0.421. The van der Waals surface area contributed by atoms with Crippen LogP contribution < -0.4 is 5.32 Å². The zero-order valence-electron chi connectivity index (χ0n) is 14.1. The number of hydrogen-bond donors (Lipinski definition) is 2. The maximum absolute atomic E-state index is 12.5. The molecule has 6 heteroatoms. The second-order valence-corrected chi connectivity index (χ2v) is 6.54. The topological polar surface area (TPSA) is 84.2 Å². The van der Waals surface area contributed by atoms with Crippen LogP contribution in [0.15, 0.2) is 42.7 Å². The Labute approximate surface area is 146 Å². The fourth-order valence-electron chi connectivity index (χ4n) is 3.35. The van der Waals surface area contributed by atoms with E-state index in [0.717, 1.165) is 18.4 Å². The highest BCUT2D eigenvalue weighted by Crippen LogP contribution is 2.27. The van der Waals surface area contributed by atoms with Gasteiger partial charge in [0.05, 0.1) is 30.3 Å². The van der Waals surface area contributed by atoms with Crippen molar-refractivity contribution < 1.29 is 14.7 Å². The van der Waals surface area contributed by atoms with Crippen LogP contribution in [-0.2, 0) is 4.79 Å². The van der Waals surface area contributed by atoms with Crippen LogP contribution in [0.4, 0.5) is 0 Å². The summed E-state index contributed by atoms with van der Waals surface area (Å²) in [5.41, 5.74) is 1.25. The molecule has 1 fully saturated rings. The van der Waals surface area contributed by atoms with Crippen molar-refractivity contribution >= 4 is 11.9 Å². The van der Waals surface area contributed by atoms with Crippen LogP contribution in [0.25, 0.3) is 0 Å². The summed E-state index contributed by atoms with van der Waals surface area (Å²) in [6.07, 6.45) is 9.01. The lowest BCUT2D eigenvalue weighted by Crippen LogP contribution is -2.30. The van der Waals surface area contributed by atoms with Gasteiger partial charge in [0.1, 0.15) is 0 Å². The lowest BCUT2D eigenvalue weighted by molar-refractivity contribution is -0.137. The summed E-state index contributed by atoms with van der Waals surface area (Å²) in [6.45, 7) is 0. The molecule has 1 heterocycles. The third kappa shape index (κ3) is 4.47. The molecule has 0 bridgehead atoms. The van der Waals surface area contributed by atoms with E-state index in [2.05, 4.69) is 10.4 Å². The Kier molecular flexibility index (Phi) is 5.48. The molecule has 3 rings (SSSR count). The maximum atomic E-state index is 12.5. The number of carbonyl (C=O) groups is 2. The number of nitrogens with zero attached hydrogens (tertiary/aromatic N) is 2. The SMILES string of the molecule is O=C(O)C[C@@H](NC(=O)c1cnn(C2CCCCC2)c1)c1ccccc1. The van der Waals surface area contributed by atoms with Crippen molar-refractivity contribution in [3.05, 3.63) is 53.9 Å². The van der Waals surface area contributed by atoms with Crippen molar-refractivity contribution in [2.45, 2.75) is 50.6 Å². The second-order valence-electron chi connectivity index (χ2n) is 6.54. The third-order valence-corrected chi connectivity index (χ3v) is 4.70. The Morgan fingerprint density at radius 3 is 2.60 bits per heavy atom. The first-order valence-corrected chi connectivity index (χ1v) is 8.75. The molecule has 1 saturated carbocycles. The number of benzene rings is 1. The van der Waals surface area contributed by atoms with Gasteiger partial charge in [-0.25, -0.2) is 0 Å². The van der Waals surface area contributed by atoms with Crippen molar-refractivity contribution in [3.8, 4) is 0 Å². The molecule has 1 aromatic carbocycles. The molecule has 0 unspecified atom stereocenters. The summed E-state index contributed by atoms with van der Waals surface area (Å²) in [7, 11) is 0. The molecule has 2 N–H and O–H groups in total. The van der Waals surface area contributed by atoms with Crippen LogP contribution in [0, 0.1) is 0 Å². The predicted molar refractivity (Wildman–Crippen MR) is 93.3 cm³/mol. The molecule has 2 aromatic rings. The lowest BCUT2D eigenvalue weighted by atomic mass is 9.96. The minimum Gasteiger partial charge on any atom is -0.481 e. The molecule has 1 amide bonds. The first-order valence-electron chi connectivity index (χ1n) is 8.75. The molecule has 0 radical (unpaired) electrons. The molecule has 0 saturated heterocycles. The summed E-state index contributed by atoms with van der Waals surface area (Å²) in [6, 6.07) is 8.95. The smallest absolute Gasteiger partial charge is 0.305 e. The van der Waals surface area contributed by atoms with E-state index in [1.54, 1.807) is 12.4 Å². The standard InChI is InChI=1S/C19H23N3O3/c23-18(24)11-17(14-7-3-1-4-8-14)21-19(25)15-12-20-22(13-15)16-9-5-2-6-10-16/h1,3-4,7-8,12-13,16-17H,2,5-6,9-11H2,(H,21,25)(H,23,24)/t17-/m1/s1. The number of carboxylic acids is 1. The summed E-state index contributed by atoms with van der Waals surface area (Å²) in [5.74, 6) is -1.25. The van der Waals surface area contributed by atoms with E-state index in [0.29, 0.717) is 11.6 Å². The molecular weight excluding hydrogens is 318 g/mol. The van der Waals surface area contributed by atoms with Crippen molar-refractivity contribution in [2.75, 3.05) is 0 Å². The quantitative estimate of drug-likeness (QED) is 0.844. The molecule has 6 nitrogen and oxygen atoms in total. The van der Waals surface area contributed by atoms with Gasteiger partial charge in [0.2, 0.25) is 0 Å². The van der Waals surface area contributed by atoms with Crippen molar-refractivity contribution in [1.82, 2.24) is 15.1 Å². The molecule has 132 valence electrons. The Morgan fingerprint density at radius 2 is 1.92 bits per heavy atom. The van der Waals surface area contributed by atoms with Crippen LogP contribution >= 0.6 is 0 Å². The van der Waals surface area contributed by atoms with Crippen molar-refractivity contribution in [2.24, 2.45) is 0 Å². The molecule has 1 aliphatic rings. The van der Waals surface area contributed by atoms with E-state index < -0.39 is 12.0 Å². The highest BCUT2D eigenvalue weighted by Gasteiger charge is 2.21. The molecular formula is C19H23N3O3. The fourth-order valence-corrected chi connectivity index (χ4v) is 3.35. The molecule has 1 atom stereocenters. The summed E-state index contributed by atoms with van der Waals surface area (Å²) < 4.78 is 1.88. The van der Waals surface area contributed by atoms with E-state index in [4.69, 9.17) is 5.11 Å². The molecule has 25 heavy (non-hydrogen) atoms. The van der Waals surface area contributed by atoms with E-state index in [-0.39, 0.29) is 12.3 Å². The van der Waals surface area contributed by atoms with Crippen LogP contribution in [0.5, 0.6) is 0 Å². The average molecular weight is 341 g/mol. The van der Waals surface area contributed by atoms with Crippen LogP contribution in [0.3, 0.4) is 0 Å². The van der Waals surface area contributed by atoms with E-state index in [9.17, 15) is 9.59 Å². The van der Waals surface area contributed by atoms with Gasteiger partial charge < -0.3 is 10.4 Å². The Morgan fingerprint density at radius 1 is 1.20 bits per heavy atom. The number of aliphatic carboxylic acids is 1. The van der Waals surface area contributed by atoms with Crippen molar-refractivity contribution in [1.29, 1.82) is 0 Å². The molecule has 1 aliphatic carbocycles. The maximum Gasteiger partial charge on any atom is 0.305 e. The van der Waals surface area contributed by atoms with Gasteiger partial charge in [-0.2, -0.15) is 5.10 Å². The van der Waals surface area contributed by atoms with Gasteiger partial charge in [-0.05, 0) is 18.4 Å². The highest BCUT2D eigenvalue weighted by molar-refractivity contribution is 5.94. The third-order valence-electron chi connectivity index (χ3n) is 4.70. The number of hydrogen-bond acceptors (Lipinski definition) is 3. The Hall–Kier alpha value is -2.63. The number of carbonyl (C=O) groups excluding carboxylic acids is 1. The first-order chi connectivity index (χ1) is 12.1. The second kappa shape index (κ2) is 7.96. The first kappa shape index (κ1) is 17.2. The zero-order valence-corrected chi connectivity index (χ0v) is 14.1.